The van der Waals surface area contributed by atoms with E-state index in [1.807, 2.05) is 24.4 Å². The van der Waals surface area contributed by atoms with Crippen LogP contribution in [0.3, 0.4) is 0 Å². The lowest BCUT2D eigenvalue weighted by Crippen LogP contribution is -2.44. The lowest BCUT2D eigenvalue weighted by molar-refractivity contribution is 0.281. The van der Waals surface area contributed by atoms with Gasteiger partial charge in [0.25, 0.3) is 0 Å². The molecule has 5 nitrogen and oxygen atoms in total. The van der Waals surface area contributed by atoms with Gasteiger partial charge in [-0.2, -0.15) is 0 Å². The second-order valence-corrected chi connectivity index (χ2v) is 6.46. The van der Waals surface area contributed by atoms with E-state index in [0.717, 1.165) is 48.8 Å². The molecule has 1 aliphatic rings. The van der Waals surface area contributed by atoms with Crippen molar-refractivity contribution in [3.63, 3.8) is 0 Å². The van der Waals surface area contributed by atoms with Gasteiger partial charge in [-0.3, -0.25) is 0 Å². The second kappa shape index (κ2) is 7.64. The molecule has 1 atom stereocenters. The van der Waals surface area contributed by atoms with Crippen molar-refractivity contribution in [2.24, 2.45) is 0 Å². The van der Waals surface area contributed by atoms with Crippen molar-refractivity contribution in [1.29, 1.82) is 0 Å². The minimum absolute atomic E-state index is 0.0713. The first-order valence-electron chi connectivity index (χ1n) is 8.51. The van der Waals surface area contributed by atoms with Gasteiger partial charge in [0, 0.05) is 32.2 Å². The molecule has 0 spiro atoms. The molecule has 3 rings (SSSR count). The smallest absolute Gasteiger partial charge is 0.128 e. The lowest BCUT2D eigenvalue weighted by Gasteiger charge is -2.33. The zero-order valence-electron chi connectivity index (χ0n) is 14.4. The molecule has 0 saturated carbocycles. The Hall–Kier alpha value is -2.11. The number of nitrogens with one attached hydrogen (secondary N) is 1. The first-order chi connectivity index (χ1) is 11.7. The van der Waals surface area contributed by atoms with Crippen LogP contribution >= 0.6 is 0 Å². The predicted molar refractivity (Wildman–Crippen MR) is 98.3 cm³/mol. The van der Waals surface area contributed by atoms with Crippen LogP contribution in [0.4, 0.5) is 11.5 Å². The highest BCUT2D eigenvalue weighted by atomic mass is 16.3. The number of aliphatic hydroxyl groups is 1. The molecule has 1 aromatic carbocycles. The number of anilines is 2. The Balaban J connectivity index is 1.63. The lowest BCUT2D eigenvalue weighted by atomic mass is 10.1. The standard InChI is InChI=1S/C19H26N4O/c1-15(17-5-3-4-16(12-17)14-24)21-18-6-7-19(20-13-18)23-10-8-22(2)9-11-23/h3-7,12-13,15,21,24H,8-11,14H2,1-2H3. The predicted octanol–water partition coefficient (Wildman–Crippen LogP) is 2.50. The fourth-order valence-electron chi connectivity index (χ4n) is 2.99. The van der Waals surface area contributed by atoms with Crippen LogP contribution in [-0.4, -0.2) is 48.2 Å². The third kappa shape index (κ3) is 4.04. The van der Waals surface area contributed by atoms with Gasteiger partial charge >= 0.3 is 0 Å². The largest absolute Gasteiger partial charge is 0.392 e. The molecule has 2 N–H and O–H groups in total. The third-order valence-corrected chi connectivity index (χ3v) is 4.59. The van der Waals surface area contributed by atoms with Crippen LogP contribution in [0.5, 0.6) is 0 Å². The second-order valence-electron chi connectivity index (χ2n) is 6.46. The normalized spacial score (nSPS) is 16.9. The van der Waals surface area contributed by atoms with Gasteiger partial charge in [0.2, 0.25) is 0 Å². The molecule has 1 aromatic heterocycles. The molecule has 2 aromatic rings. The zero-order valence-corrected chi connectivity index (χ0v) is 14.4. The summed E-state index contributed by atoms with van der Waals surface area (Å²) in [6.45, 7) is 6.41. The van der Waals surface area contributed by atoms with Crippen LogP contribution in [-0.2, 0) is 6.61 Å². The van der Waals surface area contributed by atoms with Gasteiger partial charge in [0.1, 0.15) is 5.82 Å². The summed E-state index contributed by atoms with van der Waals surface area (Å²) in [5, 5.41) is 12.7. The number of aliphatic hydroxyl groups excluding tert-OH is 1. The van der Waals surface area contributed by atoms with Crippen molar-refractivity contribution in [2.75, 3.05) is 43.4 Å². The van der Waals surface area contributed by atoms with E-state index in [0.29, 0.717) is 0 Å². The van der Waals surface area contributed by atoms with E-state index in [2.05, 4.69) is 52.3 Å². The van der Waals surface area contributed by atoms with E-state index in [4.69, 9.17) is 0 Å². The fraction of sp³-hybridized carbons (Fsp3) is 0.421. The summed E-state index contributed by atoms with van der Waals surface area (Å²) < 4.78 is 0. The first-order valence-corrected chi connectivity index (χ1v) is 8.51. The van der Waals surface area contributed by atoms with Crippen LogP contribution in [0, 0.1) is 0 Å². The zero-order chi connectivity index (χ0) is 16.9. The topological polar surface area (TPSA) is 51.6 Å². The van der Waals surface area contributed by atoms with Crippen molar-refractivity contribution >= 4 is 11.5 Å². The Labute approximate surface area is 143 Å². The number of hydrogen-bond donors (Lipinski definition) is 2. The van der Waals surface area contributed by atoms with Crippen LogP contribution < -0.4 is 10.2 Å². The molecule has 5 heteroatoms. The van der Waals surface area contributed by atoms with Crippen molar-refractivity contribution in [1.82, 2.24) is 9.88 Å². The van der Waals surface area contributed by atoms with Gasteiger partial charge in [-0.25, -0.2) is 4.98 Å². The number of benzene rings is 1. The number of rotatable bonds is 5. The molecule has 2 heterocycles. The Morgan fingerprint density at radius 3 is 2.62 bits per heavy atom. The molecule has 128 valence electrons. The minimum Gasteiger partial charge on any atom is -0.392 e. The van der Waals surface area contributed by atoms with Crippen LogP contribution in [0.2, 0.25) is 0 Å². The molecule has 1 unspecified atom stereocenters. The average molecular weight is 326 g/mol. The number of pyridine rings is 1. The van der Waals surface area contributed by atoms with Crippen molar-refractivity contribution in [3.8, 4) is 0 Å². The van der Waals surface area contributed by atoms with E-state index < -0.39 is 0 Å². The summed E-state index contributed by atoms with van der Waals surface area (Å²) in [5.74, 6) is 1.04. The van der Waals surface area contributed by atoms with Crippen molar-refractivity contribution < 1.29 is 5.11 Å². The number of nitrogens with zero attached hydrogens (tertiary/aromatic N) is 3. The van der Waals surface area contributed by atoms with E-state index in [-0.39, 0.29) is 12.6 Å². The van der Waals surface area contributed by atoms with Gasteiger partial charge in [-0.15, -0.1) is 0 Å². The fourth-order valence-corrected chi connectivity index (χ4v) is 2.99. The van der Waals surface area contributed by atoms with E-state index in [1.54, 1.807) is 0 Å². The minimum atomic E-state index is 0.0713. The summed E-state index contributed by atoms with van der Waals surface area (Å²) in [6, 6.07) is 12.4. The van der Waals surface area contributed by atoms with Crippen LogP contribution in [0.15, 0.2) is 42.6 Å². The quantitative estimate of drug-likeness (QED) is 0.884. The van der Waals surface area contributed by atoms with Crippen LogP contribution in [0.1, 0.15) is 24.1 Å². The van der Waals surface area contributed by atoms with Gasteiger partial charge in [0.15, 0.2) is 0 Å². The summed E-state index contributed by atoms with van der Waals surface area (Å²) in [5.41, 5.74) is 3.10. The van der Waals surface area contributed by atoms with Gasteiger partial charge in [-0.05, 0) is 37.2 Å². The maximum atomic E-state index is 9.27. The highest BCUT2D eigenvalue weighted by molar-refractivity contribution is 5.50. The third-order valence-electron chi connectivity index (χ3n) is 4.59. The number of aromatic nitrogens is 1. The van der Waals surface area contributed by atoms with Crippen LogP contribution in [0.25, 0.3) is 0 Å². The summed E-state index contributed by atoms with van der Waals surface area (Å²) in [7, 11) is 2.16. The highest BCUT2D eigenvalue weighted by Crippen LogP contribution is 2.21. The molecule has 0 radical (unpaired) electrons. The number of hydrogen-bond acceptors (Lipinski definition) is 5. The Morgan fingerprint density at radius 2 is 1.96 bits per heavy atom. The Bertz CT molecular complexity index is 651. The van der Waals surface area contributed by atoms with Gasteiger partial charge in [0.05, 0.1) is 18.5 Å². The van der Waals surface area contributed by atoms with Gasteiger partial charge < -0.3 is 20.2 Å². The molecule has 1 saturated heterocycles. The highest BCUT2D eigenvalue weighted by Gasteiger charge is 2.15. The van der Waals surface area contributed by atoms with E-state index in [9.17, 15) is 5.11 Å². The summed E-state index contributed by atoms with van der Waals surface area (Å²) in [6.07, 6.45) is 1.90. The molecule has 0 amide bonds. The molecule has 0 aliphatic carbocycles. The molecule has 0 bridgehead atoms. The molecule has 1 fully saturated rings. The maximum absolute atomic E-state index is 9.27. The first kappa shape index (κ1) is 16.7. The Morgan fingerprint density at radius 1 is 1.17 bits per heavy atom. The molecule has 1 aliphatic heterocycles. The monoisotopic (exact) mass is 326 g/mol. The van der Waals surface area contributed by atoms with Gasteiger partial charge in [-0.1, -0.05) is 24.3 Å². The average Bonchev–Trinajstić information content (AvgIpc) is 2.63. The van der Waals surface area contributed by atoms with Crippen molar-refractivity contribution in [3.05, 3.63) is 53.7 Å². The number of likely N-dealkylation sites (N-methyl/N-ethyl adjacent to an activating group) is 1. The maximum Gasteiger partial charge on any atom is 0.128 e. The van der Waals surface area contributed by atoms with E-state index >= 15 is 0 Å². The molecule has 24 heavy (non-hydrogen) atoms. The molecular weight excluding hydrogens is 300 g/mol. The summed E-state index contributed by atoms with van der Waals surface area (Å²) >= 11 is 0. The summed E-state index contributed by atoms with van der Waals surface area (Å²) in [4.78, 5) is 9.29. The van der Waals surface area contributed by atoms with Crippen molar-refractivity contribution in [2.45, 2.75) is 19.6 Å². The SMILES string of the molecule is CC(Nc1ccc(N2CCN(C)CC2)nc1)c1cccc(CO)c1. The van der Waals surface area contributed by atoms with E-state index in [1.165, 1.54) is 0 Å². The Kier molecular flexibility index (Phi) is 5.33. The number of piperazine rings is 1. The molecular formula is C19H26N4O.